The first kappa shape index (κ1) is 17.3. The Balaban J connectivity index is 2.28. The maximum Gasteiger partial charge on any atom is 0.244 e. The fourth-order valence-corrected chi connectivity index (χ4v) is 6.85. The standard InChI is InChI=1S/C14H24N2O2S3/c1-10(2)15-7-13-14(11(3)9-20-13)21(17,18)16-5-6-19-12(4)8-16/h9-10,12,15H,5-8H2,1-4H3. The molecule has 4 nitrogen and oxygen atoms in total. The molecule has 2 rings (SSSR count). The molecule has 0 spiro atoms. The highest BCUT2D eigenvalue weighted by Crippen LogP contribution is 2.31. The molecule has 0 aliphatic carbocycles. The second kappa shape index (κ2) is 7.00. The average molecular weight is 349 g/mol. The summed E-state index contributed by atoms with van der Waals surface area (Å²) in [7, 11) is -3.37. The molecule has 1 aromatic rings. The number of rotatable bonds is 5. The van der Waals surface area contributed by atoms with Crippen molar-refractivity contribution in [3.8, 4) is 0 Å². The minimum absolute atomic E-state index is 0.342. The van der Waals surface area contributed by atoms with Crippen LogP contribution in [0.1, 0.15) is 31.2 Å². The van der Waals surface area contributed by atoms with E-state index in [0.717, 1.165) is 16.2 Å². The Labute approximate surface area is 136 Å². The predicted octanol–water partition coefficient (Wildman–Crippen LogP) is 2.68. The number of nitrogens with one attached hydrogen (secondary N) is 1. The molecule has 0 radical (unpaired) electrons. The molecule has 7 heteroatoms. The van der Waals surface area contributed by atoms with Crippen LogP contribution >= 0.6 is 23.1 Å². The molecule has 1 atom stereocenters. The summed E-state index contributed by atoms with van der Waals surface area (Å²) in [5.41, 5.74) is 0.867. The quantitative estimate of drug-likeness (QED) is 0.889. The Bertz CT molecular complexity index is 581. The Morgan fingerprint density at radius 3 is 2.81 bits per heavy atom. The molecule has 0 amide bonds. The van der Waals surface area contributed by atoms with Gasteiger partial charge in [-0.2, -0.15) is 16.1 Å². The van der Waals surface area contributed by atoms with Gasteiger partial charge in [-0.15, -0.1) is 11.3 Å². The van der Waals surface area contributed by atoms with Crippen LogP contribution < -0.4 is 5.32 Å². The Hall–Kier alpha value is -0.0800. The van der Waals surface area contributed by atoms with Crippen LogP contribution in [0.4, 0.5) is 0 Å². The summed E-state index contributed by atoms with van der Waals surface area (Å²) >= 11 is 3.38. The van der Waals surface area contributed by atoms with Crippen LogP contribution in [-0.2, 0) is 16.6 Å². The lowest BCUT2D eigenvalue weighted by atomic mass is 10.3. The zero-order valence-electron chi connectivity index (χ0n) is 13.0. The largest absolute Gasteiger partial charge is 0.310 e. The second-order valence-electron chi connectivity index (χ2n) is 5.75. The van der Waals surface area contributed by atoms with E-state index in [0.29, 0.717) is 35.8 Å². The lowest BCUT2D eigenvalue weighted by Crippen LogP contribution is -2.41. The van der Waals surface area contributed by atoms with Gasteiger partial charge in [0.15, 0.2) is 0 Å². The van der Waals surface area contributed by atoms with Crippen molar-refractivity contribution in [2.45, 2.75) is 50.4 Å². The van der Waals surface area contributed by atoms with Gasteiger partial charge >= 0.3 is 0 Å². The minimum Gasteiger partial charge on any atom is -0.310 e. The monoisotopic (exact) mass is 348 g/mol. The highest BCUT2D eigenvalue weighted by atomic mass is 32.2. The minimum atomic E-state index is -3.37. The molecule has 0 bridgehead atoms. The van der Waals surface area contributed by atoms with Gasteiger partial charge < -0.3 is 5.32 Å². The van der Waals surface area contributed by atoms with E-state index < -0.39 is 10.0 Å². The summed E-state index contributed by atoms with van der Waals surface area (Å²) < 4.78 is 27.6. The molecule has 2 heterocycles. The number of hydrogen-bond donors (Lipinski definition) is 1. The van der Waals surface area contributed by atoms with E-state index in [4.69, 9.17) is 0 Å². The first-order valence-corrected chi connectivity index (χ1v) is 10.6. The van der Waals surface area contributed by atoms with Gasteiger partial charge in [0.05, 0.1) is 0 Å². The number of thiophene rings is 1. The molecular formula is C14H24N2O2S3. The third-order valence-electron chi connectivity index (χ3n) is 3.46. The van der Waals surface area contributed by atoms with Crippen LogP contribution in [-0.4, -0.2) is 42.9 Å². The molecule has 1 N–H and O–H groups in total. The van der Waals surface area contributed by atoms with Crippen LogP contribution in [0.5, 0.6) is 0 Å². The molecule has 1 saturated heterocycles. The van der Waals surface area contributed by atoms with Gasteiger partial charge in [-0.05, 0) is 17.9 Å². The second-order valence-corrected chi connectivity index (χ2v) is 10.1. The molecule has 21 heavy (non-hydrogen) atoms. The molecule has 120 valence electrons. The number of nitrogens with zero attached hydrogens (tertiary/aromatic N) is 1. The Morgan fingerprint density at radius 2 is 2.19 bits per heavy atom. The normalized spacial score (nSPS) is 21.1. The third-order valence-corrected chi connectivity index (χ3v) is 7.93. The average Bonchev–Trinajstić information content (AvgIpc) is 2.78. The summed E-state index contributed by atoms with van der Waals surface area (Å²) in [6, 6.07) is 0.342. The Morgan fingerprint density at radius 1 is 1.48 bits per heavy atom. The van der Waals surface area contributed by atoms with Crippen LogP contribution in [0.3, 0.4) is 0 Å². The zero-order valence-corrected chi connectivity index (χ0v) is 15.5. The maximum absolute atomic E-state index is 13.0. The van der Waals surface area contributed by atoms with E-state index in [1.165, 1.54) is 11.3 Å². The zero-order chi connectivity index (χ0) is 15.6. The van der Waals surface area contributed by atoms with Crippen molar-refractivity contribution in [2.24, 2.45) is 0 Å². The lowest BCUT2D eigenvalue weighted by Gasteiger charge is -2.30. The molecule has 0 aromatic carbocycles. The maximum atomic E-state index is 13.0. The molecular weight excluding hydrogens is 324 g/mol. The first-order chi connectivity index (χ1) is 9.82. The fraction of sp³-hybridized carbons (Fsp3) is 0.714. The molecule has 0 saturated carbocycles. The van der Waals surface area contributed by atoms with Crippen molar-refractivity contribution in [2.75, 3.05) is 18.8 Å². The highest BCUT2D eigenvalue weighted by molar-refractivity contribution is 8.00. The topological polar surface area (TPSA) is 49.4 Å². The molecule has 1 fully saturated rings. The Kier molecular flexibility index (Phi) is 5.76. The molecule has 1 aromatic heterocycles. The van der Waals surface area contributed by atoms with Crippen molar-refractivity contribution >= 4 is 33.1 Å². The van der Waals surface area contributed by atoms with Crippen molar-refractivity contribution < 1.29 is 8.42 Å². The molecule has 1 aliphatic rings. The highest BCUT2D eigenvalue weighted by Gasteiger charge is 2.32. The van der Waals surface area contributed by atoms with Crippen molar-refractivity contribution in [3.05, 3.63) is 15.8 Å². The van der Waals surface area contributed by atoms with E-state index >= 15 is 0 Å². The van der Waals surface area contributed by atoms with E-state index in [9.17, 15) is 8.42 Å². The van der Waals surface area contributed by atoms with Crippen molar-refractivity contribution in [1.29, 1.82) is 0 Å². The van der Waals surface area contributed by atoms with E-state index in [2.05, 4.69) is 26.1 Å². The fourth-order valence-electron chi connectivity index (χ4n) is 2.39. The van der Waals surface area contributed by atoms with Gasteiger partial charge in [-0.25, -0.2) is 8.42 Å². The van der Waals surface area contributed by atoms with Crippen LogP contribution in [0.25, 0.3) is 0 Å². The van der Waals surface area contributed by atoms with Gasteiger partial charge in [-0.3, -0.25) is 0 Å². The van der Waals surface area contributed by atoms with Crippen molar-refractivity contribution in [3.63, 3.8) is 0 Å². The number of aryl methyl sites for hydroxylation is 1. The smallest absolute Gasteiger partial charge is 0.244 e. The summed E-state index contributed by atoms with van der Waals surface area (Å²) in [6.07, 6.45) is 0. The SMILES string of the molecule is Cc1csc(CNC(C)C)c1S(=O)(=O)N1CCSC(C)C1. The number of hydrogen-bond acceptors (Lipinski definition) is 5. The van der Waals surface area contributed by atoms with Crippen LogP contribution in [0.2, 0.25) is 0 Å². The van der Waals surface area contributed by atoms with Gasteiger partial charge in [0, 0.05) is 41.6 Å². The third kappa shape index (κ3) is 4.01. The summed E-state index contributed by atoms with van der Waals surface area (Å²) in [6.45, 7) is 9.96. The number of sulfonamides is 1. The summed E-state index contributed by atoms with van der Waals surface area (Å²) in [4.78, 5) is 1.45. The first-order valence-electron chi connectivity index (χ1n) is 7.24. The molecule has 1 aliphatic heterocycles. The van der Waals surface area contributed by atoms with Gasteiger partial charge in [0.1, 0.15) is 4.90 Å². The van der Waals surface area contributed by atoms with Crippen LogP contribution in [0.15, 0.2) is 10.3 Å². The van der Waals surface area contributed by atoms with E-state index in [-0.39, 0.29) is 0 Å². The van der Waals surface area contributed by atoms with Gasteiger partial charge in [0.25, 0.3) is 0 Å². The summed E-state index contributed by atoms with van der Waals surface area (Å²) in [5, 5.41) is 5.64. The van der Waals surface area contributed by atoms with E-state index in [1.807, 2.05) is 24.1 Å². The summed E-state index contributed by atoms with van der Waals surface area (Å²) in [5.74, 6) is 0.878. The molecule has 1 unspecified atom stereocenters. The van der Waals surface area contributed by atoms with Gasteiger partial charge in [-0.1, -0.05) is 20.8 Å². The van der Waals surface area contributed by atoms with Crippen LogP contribution in [0, 0.1) is 6.92 Å². The van der Waals surface area contributed by atoms with E-state index in [1.54, 1.807) is 4.31 Å². The predicted molar refractivity (Wildman–Crippen MR) is 91.7 cm³/mol. The number of thioether (sulfide) groups is 1. The van der Waals surface area contributed by atoms with Crippen molar-refractivity contribution in [1.82, 2.24) is 9.62 Å². The lowest BCUT2D eigenvalue weighted by molar-refractivity contribution is 0.423. The van der Waals surface area contributed by atoms with Gasteiger partial charge in [0.2, 0.25) is 10.0 Å².